The molecule has 2 fully saturated rings. The number of amides is 14. The Morgan fingerprint density at radius 2 is 0.748 bits per heavy atom. The number of nitrogens with two attached hydrogens (primary N) is 2. The molecule has 0 spiro atoms. The summed E-state index contributed by atoms with van der Waals surface area (Å²) in [4.78, 5) is 243. The van der Waals surface area contributed by atoms with Gasteiger partial charge in [0.25, 0.3) is 0 Å². The summed E-state index contributed by atoms with van der Waals surface area (Å²) in [6.07, 6.45) is -7.45. The third-order valence-electron chi connectivity index (χ3n) is 17.5. The summed E-state index contributed by atoms with van der Waals surface area (Å²) in [5, 5.41) is 85.8. The average molecular weight is 1520 g/mol. The molecule has 14 amide bonds. The zero-order chi connectivity index (χ0) is 81.6. The molecule has 39 heteroatoms. The van der Waals surface area contributed by atoms with Gasteiger partial charge in [0.05, 0.1) is 24.7 Å². The number of rotatable bonds is 47. The van der Waals surface area contributed by atoms with Crippen LogP contribution in [0.15, 0.2) is 0 Å². The lowest BCUT2D eigenvalue weighted by Crippen LogP contribution is -2.62. The van der Waals surface area contributed by atoms with Crippen LogP contribution in [0.1, 0.15) is 186 Å². The summed E-state index contributed by atoms with van der Waals surface area (Å²) in [6, 6.07) is -21.6. The van der Waals surface area contributed by atoms with Crippen molar-refractivity contribution >= 4 is 107 Å². The molecule has 2 rings (SSSR count). The van der Waals surface area contributed by atoms with Gasteiger partial charge in [-0.3, -0.25) is 81.5 Å². The van der Waals surface area contributed by atoms with E-state index < -0.39 is 254 Å². The van der Waals surface area contributed by atoms with Crippen molar-refractivity contribution in [3.8, 4) is 0 Å². The topological polar surface area (TPSA) is 619 Å². The van der Waals surface area contributed by atoms with E-state index >= 15 is 0 Å². The van der Waals surface area contributed by atoms with E-state index in [-0.39, 0.29) is 62.9 Å². The number of carboxylic acid groups (broad SMARTS) is 4. The number of nitrogens with one attached hydrogen (secondary N) is 11. The maximum Gasteiger partial charge on any atom is 0.326 e. The van der Waals surface area contributed by atoms with Gasteiger partial charge in [0.1, 0.15) is 78.5 Å². The molecule has 0 aromatic carbocycles. The lowest BCUT2D eigenvalue weighted by Gasteiger charge is -2.33. The maximum atomic E-state index is 14.2. The van der Waals surface area contributed by atoms with Gasteiger partial charge in [-0.2, -0.15) is 0 Å². The highest BCUT2D eigenvalue weighted by Gasteiger charge is 2.45. The van der Waals surface area contributed by atoms with Crippen molar-refractivity contribution in [3.63, 3.8) is 0 Å². The molecule has 2 saturated heterocycles. The second kappa shape index (κ2) is 45.1. The minimum atomic E-state index is -2.12. The Morgan fingerprint density at radius 1 is 0.393 bits per heavy atom. The van der Waals surface area contributed by atoms with Gasteiger partial charge in [-0.25, -0.2) is 4.79 Å². The van der Waals surface area contributed by atoms with Gasteiger partial charge >= 0.3 is 23.9 Å². The molecular weight excluding hydrogens is 1410 g/mol. The number of carbonyl (C=O) groups is 18. The Morgan fingerprint density at radius 3 is 1.18 bits per heavy atom. The minimum absolute atomic E-state index is 0.00251. The molecule has 0 unspecified atom stereocenters. The molecule has 0 aromatic rings. The summed E-state index contributed by atoms with van der Waals surface area (Å²) < 4.78 is 0. The average Bonchev–Trinajstić information content (AvgIpc) is 1.67. The lowest BCUT2D eigenvalue weighted by atomic mass is 9.99. The van der Waals surface area contributed by atoms with E-state index in [2.05, 4.69) is 58.5 Å². The van der Waals surface area contributed by atoms with Crippen LogP contribution in [0.5, 0.6) is 0 Å². The molecule has 0 radical (unpaired) electrons. The van der Waals surface area contributed by atoms with Gasteiger partial charge in [-0.1, -0.05) is 62.3 Å². The van der Waals surface area contributed by atoms with Crippen LogP contribution in [0, 0.1) is 23.7 Å². The lowest BCUT2D eigenvalue weighted by molar-refractivity contribution is -0.147. The Labute approximate surface area is 620 Å². The number of likely N-dealkylation sites (tertiary alicyclic amines) is 2. The Hall–Kier alpha value is -9.66. The maximum absolute atomic E-state index is 14.2. The fourth-order valence-electron chi connectivity index (χ4n) is 11.9. The van der Waals surface area contributed by atoms with Crippen molar-refractivity contribution in [1.29, 1.82) is 0 Å². The van der Waals surface area contributed by atoms with E-state index in [1.54, 1.807) is 41.5 Å². The second-order valence-electron chi connectivity index (χ2n) is 28.9. The SMILES string of the molecule is CC[C@H](NC(=O)[C@@H](NC(=O)[C@H](CC(C)C)NC(=O)[C@H](CC(=O)O)NC(=O)[C@H](CCC(N)=O)NC(=O)[C@H](CCC(=O)O)NC(=O)[C@@H](NC(=O)[C@@H]1CCCN1C(=O)[C@@H]1CCCN1C(=O)[C@@H](N)CC(C)C)[C@@H](C)O)[C@@H](C)O)C(=O)N[C@@H](CC(C)C)C(=O)N[C@@H](CC(C)C)C(=O)N[C@@H](C)C(=O)N[C@@H](CCC(=O)O)C(=O)O. The number of hydrogen-bond acceptors (Lipinski definition) is 21. The minimum Gasteiger partial charge on any atom is -0.481 e. The first-order valence-electron chi connectivity index (χ1n) is 36.0. The fraction of sp³-hybridized carbons (Fsp3) is 0.735. The van der Waals surface area contributed by atoms with Crippen molar-refractivity contribution < 1.29 is 117 Å². The molecule has 0 aromatic heterocycles. The van der Waals surface area contributed by atoms with E-state index in [1.165, 1.54) is 23.6 Å². The van der Waals surface area contributed by atoms with E-state index in [9.17, 15) is 112 Å². The Balaban J connectivity index is 2.39. The van der Waals surface area contributed by atoms with Crippen molar-refractivity contribution in [2.24, 2.45) is 35.1 Å². The van der Waals surface area contributed by atoms with Crippen molar-refractivity contribution in [2.45, 2.75) is 283 Å². The van der Waals surface area contributed by atoms with Crippen molar-refractivity contribution in [2.75, 3.05) is 13.1 Å². The van der Waals surface area contributed by atoms with Gasteiger partial charge < -0.3 is 110 Å². The number of primary amides is 1. The molecule has 0 aliphatic carbocycles. The van der Waals surface area contributed by atoms with Crippen LogP contribution in [0.3, 0.4) is 0 Å². The number of hydrogen-bond donors (Lipinski definition) is 19. The van der Waals surface area contributed by atoms with Crippen LogP contribution in [-0.4, -0.2) is 257 Å². The number of aliphatic hydroxyl groups excluding tert-OH is 2. The largest absolute Gasteiger partial charge is 0.481 e. The van der Waals surface area contributed by atoms with Crippen LogP contribution in [0.25, 0.3) is 0 Å². The summed E-state index contributed by atoms with van der Waals surface area (Å²) in [7, 11) is 0. The first-order valence-corrected chi connectivity index (χ1v) is 36.0. The highest BCUT2D eigenvalue weighted by molar-refractivity contribution is 6.01. The third kappa shape index (κ3) is 32.1. The van der Waals surface area contributed by atoms with E-state index in [4.69, 9.17) is 16.6 Å². The molecule has 0 bridgehead atoms. The molecule has 604 valence electrons. The summed E-state index contributed by atoms with van der Waals surface area (Å²) in [6.45, 7) is 19.1. The fourth-order valence-corrected chi connectivity index (χ4v) is 11.9. The van der Waals surface area contributed by atoms with Crippen LogP contribution in [0.2, 0.25) is 0 Å². The molecule has 107 heavy (non-hydrogen) atoms. The van der Waals surface area contributed by atoms with Gasteiger partial charge in [0, 0.05) is 32.4 Å². The molecule has 0 saturated carbocycles. The van der Waals surface area contributed by atoms with Crippen LogP contribution < -0.4 is 70.0 Å². The number of carboxylic acids is 4. The first kappa shape index (κ1) is 93.4. The molecule has 2 aliphatic rings. The standard InChI is InChI=1S/C68H113N15O24/c1-13-39(56(94)76-44(28-33(6)7)60(98)77-43(27-32(4)5)59(97)71-35(10)55(93)75-42(68(106)107)20-23-51(89)90)72-64(102)53(36(11)84)80-62(100)45(29-34(8)9)78-61(99)46(30-52(91)92)79-58(96)40(18-21-49(70)86)73-57(95)41(19-22-50(87)88)74-65(103)54(37(12)85)81-63(101)47-16-14-24-82(47)67(105)48-17-15-25-83(48)66(104)38(69)26-31(2)3/h31-48,53-54,84-85H,13-30,69H2,1-12H3,(H2,70,86)(H,71,97)(H,72,102)(H,73,95)(H,74,103)(H,75,93)(H,76,94)(H,77,98)(H,78,99)(H,79,96)(H,80,100)(H,81,101)(H,87,88)(H,89,90)(H,91,92)(H,106,107)/t35-,36+,37+,38-,39-,40-,41-,42-,43-,44-,45-,46-,47-,48-,53-,54-/m0/s1. The molecule has 2 aliphatic heterocycles. The van der Waals surface area contributed by atoms with Gasteiger partial charge in [-0.05, 0) is 121 Å². The predicted octanol–water partition coefficient (Wildman–Crippen LogP) is -4.44. The zero-order valence-electron chi connectivity index (χ0n) is 62.9. The summed E-state index contributed by atoms with van der Waals surface area (Å²) in [5.41, 5.74) is 11.6. The monoisotopic (exact) mass is 1520 g/mol. The van der Waals surface area contributed by atoms with Gasteiger partial charge in [-0.15, -0.1) is 0 Å². The quantitative estimate of drug-likeness (QED) is 0.0273. The third-order valence-corrected chi connectivity index (χ3v) is 17.5. The van der Waals surface area contributed by atoms with Crippen molar-refractivity contribution in [3.05, 3.63) is 0 Å². The molecule has 16 atom stereocenters. The number of aliphatic carboxylic acids is 4. The van der Waals surface area contributed by atoms with E-state index in [1.807, 2.05) is 13.8 Å². The zero-order valence-corrected chi connectivity index (χ0v) is 62.9. The van der Waals surface area contributed by atoms with Crippen LogP contribution in [-0.2, 0) is 86.3 Å². The Bertz CT molecular complexity index is 3170. The van der Waals surface area contributed by atoms with E-state index in [0.29, 0.717) is 25.7 Å². The number of carbonyl (C=O) groups excluding carboxylic acids is 14. The highest BCUT2D eigenvalue weighted by atomic mass is 16.4. The van der Waals surface area contributed by atoms with Gasteiger partial charge in [0.15, 0.2) is 0 Å². The van der Waals surface area contributed by atoms with Crippen LogP contribution in [0.4, 0.5) is 0 Å². The number of aliphatic hydroxyl groups is 2. The smallest absolute Gasteiger partial charge is 0.326 e. The Kier molecular flexibility index (Phi) is 39.4. The summed E-state index contributed by atoms with van der Waals surface area (Å²) >= 11 is 0. The van der Waals surface area contributed by atoms with E-state index in [0.717, 1.165) is 13.8 Å². The van der Waals surface area contributed by atoms with Gasteiger partial charge in [0.2, 0.25) is 82.7 Å². The normalized spacial score (nSPS) is 18.2. The van der Waals surface area contributed by atoms with Crippen LogP contribution >= 0.6 is 0 Å². The molecule has 39 nitrogen and oxygen atoms in total. The second-order valence-corrected chi connectivity index (χ2v) is 28.9. The molecule has 21 N–H and O–H groups in total. The summed E-state index contributed by atoms with van der Waals surface area (Å²) in [5.74, 6) is -21.1. The van der Waals surface area contributed by atoms with Crippen molar-refractivity contribution in [1.82, 2.24) is 68.3 Å². The molecule has 2 heterocycles. The highest BCUT2D eigenvalue weighted by Crippen LogP contribution is 2.27. The number of nitrogens with zero attached hydrogens (tertiary/aromatic N) is 2. The predicted molar refractivity (Wildman–Crippen MR) is 378 cm³/mol. The molecular formula is C68H113N15O24. The first-order chi connectivity index (χ1) is 49.8.